The summed E-state index contributed by atoms with van der Waals surface area (Å²) in [4.78, 5) is 36.2. The fourth-order valence-corrected chi connectivity index (χ4v) is 4.32. The van der Waals surface area contributed by atoms with E-state index < -0.39 is 22.8 Å². The lowest BCUT2D eigenvalue weighted by molar-refractivity contribution is -0.144. The Bertz CT molecular complexity index is 898. The van der Waals surface area contributed by atoms with E-state index in [0.29, 0.717) is 51.4 Å². The molecule has 0 radical (unpaired) electrons. The number of aryl methyl sites for hydroxylation is 2. The average Bonchev–Trinajstić information content (AvgIpc) is 2.91. The number of benzene rings is 2. The second-order valence-electron chi connectivity index (χ2n) is 9.96. The smallest absolute Gasteiger partial charge is 0.313 e. The summed E-state index contributed by atoms with van der Waals surface area (Å²) in [7, 11) is 0. The molecule has 38 heavy (non-hydrogen) atoms. The molecule has 2 atom stereocenters. The van der Waals surface area contributed by atoms with E-state index in [2.05, 4.69) is 0 Å². The Hall–Kier alpha value is -2.95. The van der Waals surface area contributed by atoms with E-state index in [1.54, 1.807) is 13.8 Å². The molecular formula is C33H50O5. The molecule has 0 saturated carbocycles. The van der Waals surface area contributed by atoms with Crippen LogP contribution in [0, 0.1) is 13.8 Å². The highest BCUT2D eigenvalue weighted by Gasteiger charge is 2.35. The van der Waals surface area contributed by atoms with Gasteiger partial charge >= 0.3 is 11.9 Å². The molecule has 2 aromatic carbocycles. The molecule has 2 rings (SSSR count). The SMILES string of the molecule is CC.CC.Cc1ccc(C(C)(CCCCC(=O)CCCCC(C)(C(=O)O)c2ccc(C)cc2)C(=O)O)cc1. The van der Waals surface area contributed by atoms with Crippen LogP contribution in [0.4, 0.5) is 0 Å². The van der Waals surface area contributed by atoms with Crippen molar-refractivity contribution in [3.05, 3.63) is 70.8 Å². The summed E-state index contributed by atoms with van der Waals surface area (Å²) in [5.41, 5.74) is 1.82. The van der Waals surface area contributed by atoms with Gasteiger partial charge in [0.2, 0.25) is 0 Å². The van der Waals surface area contributed by atoms with Gasteiger partial charge in [0.15, 0.2) is 0 Å². The zero-order chi connectivity index (χ0) is 29.4. The van der Waals surface area contributed by atoms with Crippen molar-refractivity contribution in [2.45, 2.75) is 118 Å². The lowest BCUT2D eigenvalue weighted by Gasteiger charge is -2.26. The van der Waals surface area contributed by atoms with Gasteiger partial charge in [0.05, 0.1) is 10.8 Å². The number of rotatable bonds is 14. The lowest BCUT2D eigenvalue weighted by atomic mass is 9.77. The first-order chi connectivity index (χ1) is 18.0. The molecule has 5 nitrogen and oxygen atoms in total. The van der Waals surface area contributed by atoms with Crippen molar-refractivity contribution in [2.24, 2.45) is 0 Å². The molecule has 0 amide bonds. The van der Waals surface area contributed by atoms with Gasteiger partial charge in [-0.1, -0.05) is 100 Å². The fourth-order valence-electron chi connectivity index (χ4n) is 4.32. The van der Waals surface area contributed by atoms with Crippen LogP contribution in [0.15, 0.2) is 48.5 Å². The van der Waals surface area contributed by atoms with Gasteiger partial charge in [-0.2, -0.15) is 0 Å². The number of carbonyl (C=O) groups is 3. The van der Waals surface area contributed by atoms with Crippen molar-refractivity contribution in [2.75, 3.05) is 0 Å². The maximum atomic E-state index is 12.3. The number of unbranched alkanes of at least 4 members (excludes halogenated alkanes) is 2. The molecule has 2 N–H and O–H groups in total. The Labute approximate surface area is 230 Å². The summed E-state index contributed by atoms with van der Waals surface area (Å²) in [6, 6.07) is 15.2. The number of hydrogen-bond acceptors (Lipinski definition) is 3. The third-order valence-corrected chi connectivity index (χ3v) is 7.09. The maximum Gasteiger partial charge on any atom is 0.313 e. The number of carboxylic acid groups (broad SMARTS) is 2. The zero-order valence-corrected chi connectivity index (χ0v) is 24.9. The average molecular weight is 527 g/mol. The number of aliphatic carboxylic acids is 2. The summed E-state index contributed by atoms with van der Waals surface area (Å²) < 4.78 is 0. The Morgan fingerprint density at radius 1 is 0.579 bits per heavy atom. The van der Waals surface area contributed by atoms with Crippen LogP contribution in [0.5, 0.6) is 0 Å². The van der Waals surface area contributed by atoms with E-state index >= 15 is 0 Å². The van der Waals surface area contributed by atoms with E-state index in [9.17, 15) is 24.6 Å². The molecule has 0 spiro atoms. The standard InChI is InChI=1S/C29H38O5.2C2H6/c1-21-11-15-23(16-12-21)28(3,26(31)32)19-7-5-9-25(30)10-6-8-20-29(4,27(33)34)24-17-13-22(2)14-18-24;2*1-2/h11-18H,5-10,19-20H2,1-4H3,(H,31,32)(H,33,34);2*1-2H3. The zero-order valence-electron chi connectivity index (χ0n) is 24.9. The highest BCUT2D eigenvalue weighted by atomic mass is 16.4. The molecule has 0 aromatic heterocycles. The van der Waals surface area contributed by atoms with Gasteiger partial charge in [0.1, 0.15) is 5.78 Å². The van der Waals surface area contributed by atoms with Crippen molar-refractivity contribution in [3.8, 4) is 0 Å². The van der Waals surface area contributed by atoms with Gasteiger partial charge in [0, 0.05) is 12.8 Å². The third kappa shape index (κ3) is 10.4. The van der Waals surface area contributed by atoms with Crippen LogP contribution >= 0.6 is 0 Å². The Morgan fingerprint density at radius 3 is 1.13 bits per heavy atom. The van der Waals surface area contributed by atoms with Gasteiger partial charge in [-0.15, -0.1) is 0 Å². The van der Waals surface area contributed by atoms with Crippen LogP contribution < -0.4 is 0 Å². The number of carboxylic acids is 2. The molecule has 2 unspecified atom stereocenters. The van der Waals surface area contributed by atoms with Gasteiger partial charge in [-0.25, -0.2) is 0 Å². The van der Waals surface area contributed by atoms with Crippen molar-refractivity contribution >= 4 is 17.7 Å². The maximum absolute atomic E-state index is 12.3. The molecule has 212 valence electrons. The molecule has 0 aliphatic carbocycles. The summed E-state index contributed by atoms with van der Waals surface area (Å²) in [5.74, 6) is -1.55. The van der Waals surface area contributed by atoms with E-state index in [1.165, 1.54) is 0 Å². The van der Waals surface area contributed by atoms with Crippen LogP contribution in [0.2, 0.25) is 0 Å². The predicted molar refractivity (Wildman–Crippen MR) is 157 cm³/mol. The second kappa shape index (κ2) is 17.5. The number of ketones is 1. The molecule has 0 bridgehead atoms. The Morgan fingerprint density at radius 2 is 0.868 bits per heavy atom. The minimum absolute atomic E-state index is 0.153. The molecule has 2 aromatic rings. The normalized spacial score (nSPS) is 13.5. The van der Waals surface area contributed by atoms with Crippen molar-refractivity contribution in [3.63, 3.8) is 0 Å². The molecule has 5 heteroatoms. The topological polar surface area (TPSA) is 91.7 Å². The van der Waals surface area contributed by atoms with Crippen LogP contribution in [0.1, 0.15) is 115 Å². The lowest BCUT2D eigenvalue weighted by Crippen LogP contribution is -2.32. The van der Waals surface area contributed by atoms with Gasteiger partial charge in [-0.3, -0.25) is 14.4 Å². The highest BCUT2D eigenvalue weighted by molar-refractivity contribution is 5.81. The first kappa shape index (κ1) is 35.0. The number of hydrogen-bond donors (Lipinski definition) is 2. The monoisotopic (exact) mass is 526 g/mol. The van der Waals surface area contributed by atoms with Crippen LogP contribution in [0.25, 0.3) is 0 Å². The van der Waals surface area contributed by atoms with Gasteiger partial charge in [-0.05, 0) is 64.5 Å². The van der Waals surface area contributed by atoms with E-state index in [-0.39, 0.29) is 5.78 Å². The first-order valence-electron chi connectivity index (χ1n) is 14.1. The highest BCUT2D eigenvalue weighted by Crippen LogP contribution is 2.32. The summed E-state index contributed by atoms with van der Waals surface area (Å²) in [6.45, 7) is 15.4. The Kier molecular flexibility index (Phi) is 16.2. The van der Waals surface area contributed by atoms with E-state index in [1.807, 2.05) is 90.1 Å². The van der Waals surface area contributed by atoms with E-state index in [4.69, 9.17) is 0 Å². The fraction of sp³-hybridized carbons (Fsp3) is 0.545. The van der Waals surface area contributed by atoms with Crippen molar-refractivity contribution in [1.82, 2.24) is 0 Å². The van der Waals surface area contributed by atoms with Crippen LogP contribution in [-0.2, 0) is 25.2 Å². The minimum atomic E-state index is -0.964. The van der Waals surface area contributed by atoms with Crippen LogP contribution in [0.3, 0.4) is 0 Å². The van der Waals surface area contributed by atoms with Crippen molar-refractivity contribution in [1.29, 1.82) is 0 Å². The quantitative estimate of drug-likeness (QED) is 0.241. The number of carbonyl (C=O) groups excluding carboxylic acids is 1. The van der Waals surface area contributed by atoms with Gasteiger partial charge < -0.3 is 10.2 Å². The van der Waals surface area contributed by atoms with Crippen molar-refractivity contribution < 1.29 is 24.6 Å². The van der Waals surface area contributed by atoms with Gasteiger partial charge in [0.25, 0.3) is 0 Å². The van der Waals surface area contributed by atoms with E-state index in [0.717, 1.165) is 22.3 Å². The molecule has 0 aliphatic rings. The molecule has 0 fully saturated rings. The number of Topliss-reactive ketones (excluding diaryl/α,β-unsaturated/α-hetero) is 1. The summed E-state index contributed by atoms with van der Waals surface area (Å²) in [5, 5.41) is 19.6. The minimum Gasteiger partial charge on any atom is -0.481 e. The predicted octanol–water partition coefficient (Wildman–Crippen LogP) is 8.43. The molecule has 0 heterocycles. The molecule has 0 aliphatic heterocycles. The molecular weight excluding hydrogens is 476 g/mol. The summed E-state index contributed by atoms with van der Waals surface area (Å²) in [6.07, 6.45) is 4.45. The second-order valence-corrected chi connectivity index (χ2v) is 9.96. The van der Waals surface area contributed by atoms with Crippen LogP contribution in [-0.4, -0.2) is 27.9 Å². The first-order valence-corrected chi connectivity index (χ1v) is 14.1. The largest absolute Gasteiger partial charge is 0.481 e. The Balaban J connectivity index is 0.00000326. The molecule has 0 saturated heterocycles. The summed E-state index contributed by atoms with van der Waals surface area (Å²) >= 11 is 0. The third-order valence-electron chi connectivity index (χ3n) is 7.09.